The van der Waals surface area contributed by atoms with Gasteiger partial charge in [0.1, 0.15) is 6.17 Å². The maximum atomic E-state index is 13.5. The summed E-state index contributed by atoms with van der Waals surface area (Å²) >= 11 is 0. The molecular formula is C32H31FN4O2. The van der Waals surface area contributed by atoms with Crippen molar-refractivity contribution in [2.75, 3.05) is 13.1 Å². The van der Waals surface area contributed by atoms with Crippen LogP contribution in [0, 0.1) is 0 Å². The maximum Gasteiger partial charge on any atom is 0.258 e. The standard InChI is InChI=1S/C32H31FN4O2/c33-28-10-12-36(13-11-28)19-23-6-7-24-15-26(16-25(24)14-23)30-17-29(8-9-31(30)38)35-32(39)27-18-34-37(21-27)20-22-4-2-1-3-5-22/h1-8,14,16-18,21,28H,9-13,15,19-20H2,(H,35,39). The van der Waals surface area contributed by atoms with Crippen molar-refractivity contribution in [2.45, 2.75) is 44.9 Å². The SMILES string of the molecule is O=C1CC=C(NC(=O)c2cnn(Cc3ccccc3)c2)C=C1C1=Cc2cc(CN3CCC(F)CC3)ccc2C1. The molecule has 0 radical (unpaired) electrons. The number of nitrogens with zero attached hydrogens (tertiary/aromatic N) is 3. The van der Waals surface area contributed by atoms with Crippen LogP contribution in [0.2, 0.25) is 0 Å². The second-order valence-electron chi connectivity index (χ2n) is 10.5. The topological polar surface area (TPSA) is 67.2 Å². The molecule has 2 aliphatic carbocycles. The molecule has 1 aromatic heterocycles. The van der Waals surface area contributed by atoms with Gasteiger partial charge in [0, 0.05) is 43.5 Å². The predicted molar refractivity (Wildman–Crippen MR) is 149 cm³/mol. The van der Waals surface area contributed by atoms with Crippen LogP contribution in [0.4, 0.5) is 4.39 Å². The third-order valence-corrected chi connectivity index (χ3v) is 7.64. The third-order valence-electron chi connectivity index (χ3n) is 7.64. The molecule has 1 aliphatic heterocycles. The second kappa shape index (κ2) is 10.9. The van der Waals surface area contributed by atoms with Crippen molar-refractivity contribution >= 4 is 17.8 Å². The number of halogens is 1. The van der Waals surface area contributed by atoms with Gasteiger partial charge in [-0.1, -0.05) is 60.7 Å². The van der Waals surface area contributed by atoms with E-state index >= 15 is 0 Å². The zero-order chi connectivity index (χ0) is 26.8. The number of aromatic nitrogens is 2. The van der Waals surface area contributed by atoms with Gasteiger partial charge in [0.05, 0.1) is 18.3 Å². The average molecular weight is 523 g/mol. The molecule has 198 valence electrons. The molecule has 0 spiro atoms. The Morgan fingerprint density at radius 2 is 1.85 bits per heavy atom. The molecular weight excluding hydrogens is 491 g/mol. The van der Waals surface area contributed by atoms with Gasteiger partial charge >= 0.3 is 0 Å². The zero-order valence-electron chi connectivity index (χ0n) is 21.8. The number of likely N-dealkylation sites (tertiary alicyclic amines) is 1. The van der Waals surface area contributed by atoms with E-state index in [1.165, 1.54) is 11.1 Å². The summed E-state index contributed by atoms with van der Waals surface area (Å²) in [5, 5.41) is 7.27. The number of hydrogen-bond acceptors (Lipinski definition) is 4. The van der Waals surface area contributed by atoms with E-state index in [0.717, 1.165) is 36.3 Å². The van der Waals surface area contributed by atoms with Crippen molar-refractivity contribution in [3.05, 3.63) is 118 Å². The van der Waals surface area contributed by atoms with E-state index in [2.05, 4.69) is 39.6 Å². The number of Topliss-reactive ketones (excluding diaryl/α,β-unsaturated/α-hetero) is 1. The van der Waals surface area contributed by atoms with Crippen LogP contribution in [0.15, 0.2) is 89.9 Å². The fourth-order valence-corrected chi connectivity index (χ4v) is 5.48. The Hall–Kier alpha value is -4.10. The molecule has 3 aliphatic rings. The van der Waals surface area contributed by atoms with E-state index in [4.69, 9.17) is 0 Å². The highest BCUT2D eigenvalue weighted by atomic mass is 19.1. The summed E-state index contributed by atoms with van der Waals surface area (Å²) in [7, 11) is 0. The lowest BCUT2D eigenvalue weighted by Crippen LogP contribution is -2.33. The van der Waals surface area contributed by atoms with Crippen molar-refractivity contribution in [3.63, 3.8) is 0 Å². The summed E-state index contributed by atoms with van der Waals surface area (Å²) in [6, 6.07) is 16.4. The Bertz CT molecular complexity index is 1490. The van der Waals surface area contributed by atoms with E-state index in [1.807, 2.05) is 30.3 Å². The quantitative estimate of drug-likeness (QED) is 0.473. The minimum absolute atomic E-state index is 0.0528. The fraction of sp³-hybridized carbons (Fsp3) is 0.281. The van der Waals surface area contributed by atoms with Gasteiger partial charge in [-0.05, 0) is 53.2 Å². The molecule has 0 atom stereocenters. The first-order chi connectivity index (χ1) is 19.0. The summed E-state index contributed by atoms with van der Waals surface area (Å²) in [6.45, 7) is 2.97. The number of ketones is 1. The number of piperidine rings is 1. The van der Waals surface area contributed by atoms with E-state index in [0.29, 0.717) is 42.6 Å². The normalized spacial score (nSPS) is 17.9. The molecule has 0 saturated carbocycles. The number of nitrogens with one attached hydrogen (secondary N) is 1. The number of amides is 1. The van der Waals surface area contributed by atoms with Gasteiger partial charge in [0.2, 0.25) is 0 Å². The van der Waals surface area contributed by atoms with Crippen LogP contribution in [0.25, 0.3) is 6.08 Å². The van der Waals surface area contributed by atoms with Crippen molar-refractivity contribution in [1.29, 1.82) is 0 Å². The highest BCUT2D eigenvalue weighted by molar-refractivity contribution is 6.04. The largest absolute Gasteiger partial charge is 0.322 e. The van der Waals surface area contributed by atoms with Crippen LogP contribution in [0.1, 0.15) is 51.9 Å². The molecule has 1 fully saturated rings. The molecule has 6 nitrogen and oxygen atoms in total. The minimum atomic E-state index is -0.672. The van der Waals surface area contributed by atoms with E-state index in [1.54, 1.807) is 29.2 Å². The molecule has 1 N–H and O–H groups in total. The number of allylic oxidation sites excluding steroid dienone is 4. The van der Waals surface area contributed by atoms with Crippen LogP contribution in [-0.4, -0.2) is 45.6 Å². The average Bonchev–Trinajstić information content (AvgIpc) is 3.59. The summed E-state index contributed by atoms with van der Waals surface area (Å²) in [5.74, 6) is -0.201. The number of carbonyl (C=O) groups excluding carboxylic acids is 2. The lowest BCUT2D eigenvalue weighted by atomic mass is 9.93. The first-order valence-corrected chi connectivity index (χ1v) is 13.5. The monoisotopic (exact) mass is 522 g/mol. The van der Waals surface area contributed by atoms with Crippen LogP contribution in [0.3, 0.4) is 0 Å². The predicted octanol–water partition coefficient (Wildman–Crippen LogP) is 5.02. The highest BCUT2D eigenvalue weighted by Crippen LogP contribution is 2.33. The fourth-order valence-electron chi connectivity index (χ4n) is 5.48. The first-order valence-electron chi connectivity index (χ1n) is 13.5. The van der Waals surface area contributed by atoms with Crippen LogP contribution >= 0.6 is 0 Å². The lowest BCUT2D eigenvalue weighted by molar-refractivity contribution is -0.114. The Balaban J connectivity index is 1.12. The second-order valence-corrected chi connectivity index (χ2v) is 10.5. The molecule has 6 rings (SSSR count). The molecule has 2 heterocycles. The minimum Gasteiger partial charge on any atom is -0.322 e. The molecule has 7 heteroatoms. The molecule has 39 heavy (non-hydrogen) atoms. The summed E-state index contributed by atoms with van der Waals surface area (Å²) in [4.78, 5) is 28.1. The lowest BCUT2D eigenvalue weighted by Gasteiger charge is -2.28. The Kier molecular flexibility index (Phi) is 7.07. The smallest absolute Gasteiger partial charge is 0.258 e. The number of hydrogen-bond donors (Lipinski definition) is 1. The van der Waals surface area contributed by atoms with Crippen LogP contribution in [0.5, 0.6) is 0 Å². The Labute approximate surface area is 227 Å². The van der Waals surface area contributed by atoms with Crippen LogP contribution < -0.4 is 5.32 Å². The highest BCUT2D eigenvalue weighted by Gasteiger charge is 2.24. The summed E-state index contributed by atoms with van der Waals surface area (Å²) in [6.07, 6.45) is 10.4. The molecule has 3 aromatic rings. The maximum absolute atomic E-state index is 13.5. The number of benzene rings is 2. The molecule has 1 saturated heterocycles. The number of carbonyl (C=O) groups is 2. The van der Waals surface area contributed by atoms with Gasteiger partial charge in [0.15, 0.2) is 5.78 Å². The Morgan fingerprint density at radius 1 is 1.03 bits per heavy atom. The van der Waals surface area contributed by atoms with Crippen molar-refractivity contribution < 1.29 is 14.0 Å². The van der Waals surface area contributed by atoms with Gasteiger partial charge in [-0.2, -0.15) is 5.10 Å². The molecule has 1 amide bonds. The first kappa shape index (κ1) is 25.2. The molecule has 2 aromatic carbocycles. The van der Waals surface area contributed by atoms with Gasteiger partial charge in [-0.15, -0.1) is 0 Å². The van der Waals surface area contributed by atoms with Crippen molar-refractivity contribution in [3.8, 4) is 0 Å². The van der Waals surface area contributed by atoms with Crippen molar-refractivity contribution in [2.24, 2.45) is 0 Å². The van der Waals surface area contributed by atoms with Crippen LogP contribution in [-0.2, 0) is 24.3 Å². The van der Waals surface area contributed by atoms with Gasteiger partial charge in [-0.25, -0.2) is 4.39 Å². The van der Waals surface area contributed by atoms with Gasteiger partial charge in [-0.3, -0.25) is 19.2 Å². The van der Waals surface area contributed by atoms with Gasteiger partial charge < -0.3 is 5.32 Å². The third kappa shape index (κ3) is 5.83. The van der Waals surface area contributed by atoms with E-state index in [9.17, 15) is 14.0 Å². The van der Waals surface area contributed by atoms with Gasteiger partial charge in [0.25, 0.3) is 5.91 Å². The Morgan fingerprint density at radius 3 is 2.67 bits per heavy atom. The summed E-state index contributed by atoms with van der Waals surface area (Å²) in [5.41, 5.74) is 7.34. The number of rotatable bonds is 7. The molecule has 0 bridgehead atoms. The van der Waals surface area contributed by atoms with E-state index in [-0.39, 0.29) is 18.1 Å². The van der Waals surface area contributed by atoms with Crippen molar-refractivity contribution in [1.82, 2.24) is 20.0 Å². The molecule has 0 unspecified atom stereocenters. The number of alkyl halides is 1. The zero-order valence-corrected chi connectivity index (χ0v) is 21.8. The number of fused-ring (bicyclic) bond motifs is 1. The summed E-state index contributed by atoms with van der Waals surface area (Å²) < 4.78 is 15.2. The van der Waals surface area contributed by atoms with E-state index < -0.39 is 6.17 Å².